The van der Waals surface area contributed by atoms with Crippen molar-refractivity contribution in [3.8, 4) is 0 Å². The van der Waals surface area contributed by atoms with Gasteiger partial charge in [0.25, 0.3) is 0 Å². The molecule has 0 radical (unpaired) electrons. The standard InChI is InChI=1S/C15H31N3O2/c1-15(2,3)20-14(19)16-8-5-6-10-18-11-7-9-17(4)12-13-18/h5-13H2,1-4H3,(H,16,19). The van der Waals surface area contributed by atoms with Crippen LogP contribution in [0.15, 0.2) is 0 Å². The summed E-state index contributed by atoms with van der Waals surface area (Å²) in [4.78, 5) is 16.4. The molecule has 118 valence electrons. The fourth-order valence-corrected chi connectivity index (χ4v) is 2.29. The van der Waals surface area contributed by atoms with E-state index in [1.54, 1.807) is 0 Å². The van der Waals surface area contributed by atoms with Crippen molar-refractivity contribution in [3.05, 3.63) is 0 Å². The molecule has 1 rings (SSSR count). The van der Waals surface area contributed by atoms with Crippen molar-refractivity contribution in [2.45, 2.75) is 45.6 Å². The molecule has 0 aliphatic carbocycles. The van der Waals surface area contributed by atoms with Crippen LogP contribution < -0.4 is 5.32 Å². The van der Waals surface area contributed by atoms with Gasteiger partial charge in [-0.25, -0.2) is 4.79 Å². The molecule has 0 bridgehead atoms. The average molecular weight is 285 g/mol. The SMILES string of the molecule is CN1CCCN(CCCCNC(=O)OC(C)(C)C)CC1. The highest BCUT2D eigenvalue weighted by molar-refractivity contribution is 5.67. The molecule has 0 aromatic heterocycles. The molecule has 1 heterocycles. The number of hydrogen-bond donors (Lipinski definition) is 1. The minimum Gasteiger partial charge on any atom is -0.444 e. The van der Waals surface area contributed by atoms with E-state index in [0.717, 1.165) is 32.5 Å². The minimum absolute atomic E-state index is 0.311. The van der Waals surface area contributed by atoms with E-state index in [1.165, 1.54) is 19.5 Å². The zero-order valence-electron chi connectivity index (χ0n) is 13.6. The number of amides is 1. The Morgan fingerprint density at radius 2 is 1.90 bits per heavy atom. The maximum Gasteiger partial charge on any atom is 0.407 e. The van der Waals surface area contributed by atoms with Gasteiger partial charge >= 0.3 is 6.09 Å². The first-order valence-corrected chi connectivity index (χ1v) is 7.74. The van der Waals surface area contributed by atoms with Crippen molar-refractivity contribution in [1.29, 1.82) is 0 Å². The lowest BCUT2D eigenvalue weighted by Crippen LogP contribution is -2.33. The van der Waals surface area contributed by atoms with E-state index in [-0.39, 0.29) is 6.09 Å². The van der Waals surface area contributed by atoms with E-state index in [2.05, 4.69) is 22.2 Å². The van der Waals surface area contributed by atoms with Gasteiger partial charge in [-0.3, -0.25) is 0 Å². The van der Waals surface area contributed by atoms with Crippen LogP contribution >= 0.6 is 0 Å². The first-order chi connectivity index (χ1) is 9.37. The summed E-state index contributed by atoms with van der Waals surface area (Å²) in [6, 6.07) is 0. The number of carbonyl (C=O) groups is 1. The second-order valence-electron chi connectivity index (χ2n) is 6.63. The van der Waals surface area contributed by atoms with Crippen LogP contribution in [0, 0.1) is 0 Å². The van der Waals surface area contributed by atoms with Crippen LogP contribution in [0.2, 0.25) is 0 Å². The van der Waals surface area contributed by atoms with Gasteiger partial charge in [0.1, 0.15) is 5.60 Å². The number of alkyl carbamates (subject to hydrolysis) is 1. The Bertz CT molecular complexity index is 289. The van der Waals surface area contributed by atoms with Crippen LogP contribution in [0.4, 0.5) is 4.79 Å². The fourth-order valence-electron chi connectivity index (χ4n) is 2.29. The molecule has 5 heteroatoms. The molecular weight excluding hydrogens is 254 g/mol. The van der Waals surface area contributed by atoms with Crippen molar-refractivity contribution < 1.29 is 9.53 Å². The lowest BCUT2D eigenvalue weighted by molar-refractivity contribution is 0.0526. The van der Waals surface area contributed by atoms with Gasteiger partial charge in [-0.05, 0) is 66.7 Å². The van der Waals surface area contributed by atoms with Crippen LogP contribution in [0.3, 0.4) is 0 Å². The molecule has 1 saturated heterocycles. The van der Waals surface area contributed by atoms with Crippen LogP contribution in [0.5, 0.6) is 0 Å². The molecule has 5 nitrogen and oxygen atoms in total. The van der Waals surface area contributed by atoms with E-state index in [1.807, 2.05) is 20.8 Å². The molecule has 0 saturated carbocycles. The Balaban J connectivity index is 2.03. The van der Waals surface area contributed by atoms with Gasteiger partial charge in [-0.2, -0.15) is 0 Å². The quantitative estimate of drug-likeness (QED) is 0.784. The van der Waals surface area contributed by atoms with E-state index in [0.29, 0.717) is 6.54 Å². The van der Waals surface area contributed by atoms with Gasteiger partial charge in [-0.15, -0.1) is 0 Å². The topological polar surface area (TPSA) is 44.8 Å². The molecule has 0 unspecified atom stereocenters. The molecule has 20 heavy (non-hydrogen) atoms. The molecule has 1 N–H and O–H groups in total. The average Bonchev–Trinajstić information content (AvgIpc) is 2.51. The highest BCUT2D eigenvalue weighted by atomic mass is 16.6. The Morgan fingerprint density at radius 1 is 1.15 bits per heavy atom. The molecule has 1 fully saturated rings. The minimum atomic E-state index is -0.415. The Labute approximate surface area is 123 Å². The summed E-state index contributed by atoms with van der Waals surface area (Å²) >= 11 is 0. The second kappa shape index (κ2) is 8.47. The highest BCUT2D eigenvalue weighted by Gasteiger charge is 2.15. The van der Waals surface area contributed by atoms with E-state index >= 15 is 0 Å². The predicted octanol–water partition coefficient (Wildman–Crippen LogP) is 1.93. The van der Waals surface area contributed by atoms with Gasteiger partial charge in [-0.1, -0.05) is 0 Å². The van der Waals surface area contributed by atoms with Crippen molar-refractivity contribution in [2.24, 2.45) is 0 Å². The number of nitrogens with one attached hydrogen (secondary N) is 1. The Hall–Kier alpha value is -0.810. The Morgan fingerprint density at radius 3 is 2.60 bits per heavy atom. The van der Waals surface area contributed by atoms with Gasteiger partial charge in [0, 0.05) is 19.6 Å². The van der Waals surface area contributed by atoms with Crippen molar-refractivity contribution in [3.63, 3.8) is 0 Å². The zero-order valence-corrected chi connectivity index (χ0v) is 13.6. The maximum atomic E-state index is 11.5. The molecule has 0 spiro atoms. The van der Waals surface area contributed by atoms with Crippen LogP contribution in [0.25, 0.3) is 0 Å². The smallest absolute Gasteiger partial charge is 0.407 e. The molecule has 0 aromatic rings. The number of ether oxygens (including phenoxy) is 1. The number of carbonyl (C=O) groups excluding carboxylic acids is 1. The zero-order chi connectivity index (χ0) is 15.0. The summed E-state index contributed by atoms with van der Waals surface area (Å²) in [6.45, 7) is 12.2. The number of unbranched alkanes of at least 4 members (excludes halogenated alkanes) is 1. The number of hydrogen-bond acceptors (Lipinski definition) is 4. The highest BCUT2D eigenvalue weighted by Crippen LogP contribution is 2.06. The third-order valence-electron chi connectivity index (χ3n) is 3.38. The largest absolute Gasteiger partial charge is 0.444 e. The van der Waals surface area contributed by atoms with Gasteiger partial charge in [0.2, 0.25) is 0 Å². The molecule has 0 aromatic carbocycles. The summed E-state index contributed by atoms with van der Waals surface area (Å²) in [7, 11) is 2.19. The third kappa shape index (κ3) is 8.38. The van der Waals surface area contributed by atoms with Crippen LogP contribution in [-0.4, -0.2) is 67.8 Å². The first kappa shape index (κ1) is 17.2. The summed E-state index contributed by atoms with van der Waals surface area (Å²) in [5.41, 5.74) is -0.415. The third-order valence-corrected chi connectivity index (χ3v) is 3.38. The van der Waals surface area contributed by atoms with Gasteiger partial charge in [0.15, 0.2) is 0 Å². The van der Waals surface area contributed by atoms with E-state index in [4.69, 9.17) is 4.74 Å². The van der Waals surface area contributed by atoms with E-state index < -0.39 is 5.60 Å². The normalized spacial score (nSPS) is 18.6. The van der Waals surface area contributed by atoms with Crippen molar-refractivity contribution >= 4 is 6.09 Å². The van der Waals surface area contributed by atoms with Gasteiger partial charge in [0.05, 0.1) is 0 Å². The fraction of sp³-hybridized carbons (Fsp3) is 0.933. The molecule has 0 atom stereocenters. The van der Waals surface area contributed by atoms with Crippen LogP contribution in [0.1, 0.15) is 40.0 Å². The number of likely N-dealkylation sites (N-methyl/N-ethyl adjacent to an activating group) is 1. The van der Waals surface area contributed by atoms with Crippen molar-refractivity contribution in [1.82, 2.24) is 15.1 Å². The summed E-state index contributed by atoms with van der Waals surface area (Å²) in [5.74, 6) is 0. The Kier molecular flexibility index (Phi) is 7.30. The number of rotatable bonds is 5. The second-order valence-corrected chi connectivity index (χ2v) is 6.63. The maximum absolute atomic E-state index is 11.5. The lowest BCUT2D eigenvalue weighted by Gasteiger charge is -2.21. The monoisotopic (exact) mass is 285 g/mol. The molecule has 1 amide bonds. The molecule has 1 aliphatic heterocycles. The first-order valence-electron chi connectivity index (χ1n) is 7.74. The summed E-state index contributed by atoms with van der Waals surface area (Å²) in [6.07, 6.45) is 3.08. The molecule has 1 aliphatic rings. The van der Waals surface area contributed by atoms with Crippen molar-refractivity contribution in [2.75, 3.05) is 46.3 Å². The van der Waals surface area contributed by atoms with Crippen LogP contribution in [-0.2, 0) is 4.74 Å². The molecular formula is C15H31N3O2. The predicted molar refractivity (Wildman–Crippen MR) is 82.0 cm³/mol. The number of nitrogens with zero attached hydrogens (tertiary/aromatic N) is 2. The van der Waals surface area contributed by atoms with E-state index in [9.17, 15) is 4.79 Å². The lowest BCUT2D eigenvalue weighted by atomic mass is 10.2. The summed E-state index contributed by atoms with van der Waals surface area (Å²) in [5, 5.41) is 2.81. The summed E-state index contributed by atoms with van der Waals surface area (Å²) < 4.78 is 5.20. The van der Waals surface area contributed by atoms with Gasteiger partial charge < -0.3 is 19.9 Å².